The highest BCUT2D eigenvalue weighted by Crippen LogP contribution is 2.44. The Balaban J connectivity index is 1.34. The van der Waals surface area contributed by atoms with E-state index in [1.54, 1.807) is 12.1 Å². The van der Waals surface area contributed by atoms with Crippen molar-refractivity contribution in [2.24, 2.45) is 0 Å². The zero-order valence-corrected chi connectivity index (χ0v) is 22.9. The molecule has 8 rings (SSSR count). The van der Waals surface area contributed by atoms with Crippen molar-refractivity contribution in [3.05, 3.63) is 151 Å². The standard InChI is InChI=1S/C39H24F3N/c40-39(41,42)27-21-17-25(18-22-27)37-31-11-1-3-13-33(31)38(34-14-4-2-12-32(34)37)26-19-23-28(24-20-26)43-35-15-7-5-9-29(35)30-10-6-8-16-36(30)43/h1-24H. The topological polar surface area (TPSA) is 4.93 Å². The maximum atomic E-state index is 13.3. The van der Waals surface area contributed by atoms with Crippen molar-refractivity contribution >= 4 is 43.4 Å². The first kappa shape index (κ1) is 25.4. The maximum Gasteiger partial charge on any atom is 0.416 e. The van der Waals surface area contributed by atoms with E-state index in [9.17, 15) is 13.2 Å². The van der Waals surface area contributed by atoms with Gasteiger partial charge in [-0.2, -0.15) is 13.2 Å². The number of rotatable bonds is 3. The molecule has 1 aromatic heterocycles. The average molecular weight is 564 g/mol. The molecular weight excluding hydrogens is 539 g/mol. The van der Waals surface area contributed by atoms with Crippen molar-refractivity contribution in [3.63, 3.8) is 0 Å². The number of hydrogen-bond acceptors (Lipinski definition) is 0. The van der Waals surface area contributed by atoms with Crippen LogP contribution in [0.3, 0.4) is 0 Å². The molecule has 0 bridgehead atoms. The summed E-state index contributed by atoms with van der Waals surface area (Å²) in [6.45, 7) is 0. The summed E-state index contributed by atoms with van der Waals surface area (Å²) >= 11 is 0. The number of aromatic nitrogens is 1. The summed E-state index contributed by atoms with van der Waals surface area (Å²) in [6, 6.07) is 47.4. The lowest BCUT2D eigenvalue weighted by Crippen LogP contribution is -2.04. The van der Waals surface area contributed by atoms with E-state index in [-0.39, 0.29) is 0 Å². The minimum absolute atomic E-state index is 0.648. The Hall–Kier alpha value is -5.35. The van der Waals surface area contributed by atoms with Crippen LogP contribution in [0.1, 0.15) is 5.56 Å². The summed E-state index contributed by atoms with van der Waals surface area (Å²) < 4.78 is 42.3. The molecule has 0 saturated carbocycles. The maximum absolute atomic E-state index is 13.3. The molecule has 43 heavy (non-hydrogen) atoms. The minimum atomic E-state index is -4.38. The van der Waals surface area contributed by atoms with Gasteiger partial charge in [0.1, 0.15) is 0 Å². The highest BCUT2D eigenvalue weighted by molar-refractivity contribution is 6.21. The van der Waals surface area contributed by atoms with Crippen LogP contribution < -0.4 is 0 Å². The first-order valence-electron chi connectivity index (χ1n) is 14.2. The second-order valence-electron chi connectivity index (χ2n) is 10.8. The van der Waals surface area contributed by atoms with Crippen LogP contribution in [0, 0.1) is 0 Å². The molecular formula is C39H24F3N. The number of fused-ring (bicyclic) bond motifs is 5. The van der Waals surface area contributed by atoms with Crippen molar-refractivity contribution in [1.82, 2.24) is 4.57 Å². The van der Waals surface area contributed by atoms with Crippen LogP contribution >= 0.6 is 0 Å². The van der Waals surface area contributed by atoms with E-state index < -0.39 is 11.7 Å². The quantitative estimate of drug-likeness (QED) is 0.188. The molecule has 1 nitrogen and oxygen atoms in total. The van der Waals surface area contributed by atoms with E-state index >= 15 is 0 Å². The zero-order chi connectivity index (χ0) is 29.1. The first-order chi connectivity index (χ1) is 21.0. The summed E-state index contributed by atoms with van der Waals surface area (Å²) in [5.74, 6) is 0. The van der Waals surface area contributed by atoms with Crippen molar-refractivity contribution in [3.8, 4) is 27.9 Å². The van der Waals surface area contributed by atoms with Gasteiger partial charge in [-0.3, -0.25) is 0 Å². The number of benzene rings is 7. The zero-order valence-electron chi connectivity index (χ0n) is 22.9. The Labute approximate surface area is 246 Å². The first-order valence-corrected chi connectivity index (χ1v) is 14.2. The lowest BCUT2D eigenvalue weighted by Gasteiger charge is -2.18. The summed E-state index contributed by atoms with van der Waals surface area (Å²) in [6.07, 6.45) is -4.38. The molecule has 206 valence electrons. The monoisotopic (exact) mass is 563 g/mol. The number of halogens is 3. The van der Waals surface area contributed by atoms with Crippen LogP contribution in [0.4, 0.5) is 13.2 Å². The fourth-order valence-electron chi connectivity index (χ4n) is 6.55. The van der Waals surface area contributed by atoms with Crippen LogP contribution in [0.15, 0.2) is 146 Å². The molecule has 0 aliphatic heterocycles. The van der Waals surface area contributed by atoms with E-state index in [4.69, 9.17) is 0 Å². The molecule has 0 aliphatic carbocycles. The lowest BCUT2D eigenvalue weighted by atomic mass is 9.86. The summed E-state index contributed by atoms with van der Waals surface area (Å²) in [5, 5.41) is 6.56. The van der Waals surface area contributed by atoms with Gasteiger partial charge < -0.3 is 4.57 Å². The van der Waals surface area contributed by atoms with Crippen LogP contribution in [0.25, 0.3) is 71.3 Å². The van der Waals surface area contributed by atoms with E-state index in [2.05, 4.69) is 102 Å². The fraction of sp³-hybridized carbons (Fsp3) is 0.0256. The highest BCUT2D eigenvalue weighted by Gasteiger charge is 2.30. The Bertz CT molecular complexity index is 2200. The largest absolute Gasteiger partial charge is 0.416 e. The van der Waals surface area contributed by atoms with Crippen LogP contribution in [0.2, 0.25) is 0 Å². The molecule has 0 saturated heterocycles. The van der Waals surface area contributed by atoms with Gasteiger partial charge in [0.25, 0.3) is 0 Å². The minimum Gasteiger partial charge on any atom is -0.309 e. The van der Waals surface area contributed by atoms with Crippen molar-refractivity contribution in [2.45, 2.75) is 6.18 Å². The van der Waals surface area contributed by atoms with Gasteiger partial charge in [0.15, 0.2) is 0 Å². The Morgan fingerprint density at radius 2 is 0.721 bits per heavy atom. The van der Waals surface area contributed by atoms with E-state index in [0.717, 1.165) is 60.5 Å². The summed E-state index contributed by atoms with van der Waals surface area (Å²) in [4.78, 5) is 0. The van der Waals surface area contributed by atoms with Crippen molar-refractivity contribution in [1.29, 1.82) is 0 Å². The molecule has 7 aromatic carbocycles. The second kappa shape index (κ2) is 9.60. The molecule has 0 spiro atoms. The normalized spacial score (nSPS) is 12.1. The van der Waals surface area contributed by atoms with Gasteiger partial charge in [-0.25, -0.2) is 0 Å². The van der Waals surface area contributed by atoms with Gasteiger partial charge in [-0.05, 0) is 80.2 Å². The smallest absolute Gasteiger partial charge is 0.309 e. The molecule has 1 heterocycles. The van der Waals surface area contributed by atoms with Crippen LogP contribution in [-0.4, -0.2) is 4.57 Å². The highest BCUT2D eigenvalue weighted by atomic mass is 19.4. The SMILES string of the molecule is FC(F)(F)c1ccc(-c2c3ccccc3c(-c3ccc(-n4c5ccccc5c5ccccc54)cc3)c3ccccc23)cc1. The van der Waals surface area contributed by atoms with Gasteiger partial charge in [-0.15, -0.1) is 0 Å². The Morgan fingerprint density at radius 1 is 0.372 bits per heavy atom. The van der Waals surface area contributed by atoms with Gasteiger partial charge in [0, 0.05) is 16.5 Å². The van der Waals surface area contributed by atoms with Crippen LogP contribution in [-0.2, 0) is 6.18 Å². The summed E-state index contributed by atoms with van der Waals surface area (Å²) in [5.41, 5.74) is 6.63. The molecule has 0 atom stereocenters. The third kappa shape index (κ3) is 4.02. The molecule has 0 fully saturated rings. The predicted octanol–water partition coefficient (Wildman–Crippen LogP) is 11.4. The third-order valence-electron chi connectivity index (χ3n) is 8.43. The fourth-order valence-corrected chi connectivity index (χ4v) is 6.55. The molecule has 0 amide bonds. The average Bonchev–Trinajstić information content (AvgIpc) is 3.38. The van der Waals surface area contributed by atoms with Gasteiger partial charge in [0.2, 0.25) is 0 Å². The molecule has 0 aliphatic rings. The van der Waals surface area contributed by atoms with Crippen LogP contribution in [0.5, 0.6) is 0 Å². The number of nitrogens with zero attached hydrogens (tertiary/aromatic N) is 1. The predicted molar refractivity (Wildman–Crippen MR) is 172 cm³/mol. The van der Waals surface area contributed by atoms with Gasteiger partial charge in [0.05, 0.1) is 16.6 Å². The molecule has 0 N–H and O–H groups in total. The lowest BCUT2D eigenvalue weighted by molar-refractivity contribution is -0.137. The Kier molecular flexibility index (Phi) is 5.66. The van der Waals surface area contributed by atoms with Gasteiger partial charge >= 0.3 is 6.18 Å². The third-order valence-corrected chi connectivity index (χ3v) is 8.43. The molecule has 0 unspecified atom stereocenters. The van der Waals surface area contributed by atoms with Crippen molar-refractivity contribution in [2.75, 3.05) is 0 Å². The van der Waals surface area contributed by atoms with E-state index in [0.29, 0.717) is 0 Å². The van der Waals surface area contributed by atoms with E-state index in [1.165, 1.54) is 22.9 Å². The Morgan fingerprint density at radius 3 is 1.12 bits per heavy atom. The number of alkyl halides is 3. The van der Waals surface area contributed by atoms with Gasteiger partial charge in [-0.1, -0.05) is 109 Å². The number of hydrogen-bond donors (Lipinski definition) is 0. The number of para-hydroxylation sites is 2. The molecule has 4 heteroatoms. The van der Waals surface area contributed by atoms with Crippen molar-refractivity contribution < 1.29 is 13.2 Å². The van der Waals surface area contributed by atoms with E-state index in [1.807, 2.05) is 24.3 Å². The summed E-state index contributed by atoms with van der Waals surface area (Å²) in [7, 11) is 0. The second-order valence-corrected chi connectivity index (χ2v) is 10.8. The molecule has 0 radical (unpaired) electrons. The molecule has 8 aromatic rings.